The first kappa shape index (κ1) is 13.4. The number of rotatable bonds is 7. The highest BCUT2D eigenvalue weighted by atomic mass is 16.5. The Bertz CT molecular complexity index is 162. The first-order valence-electron chi connectivity index (χ1n) is 4.75. The summed E-state index contributed by atoms with van der Waals surface area (Å²) < 4.78 is 4.78. The number of nitrogens with two attached hydrogens (primary N) is 1. The van der Waals surface area contributed by atoms with E-state index in [9.17, 15) is 4.79 Å². The third-order valence-electron chi connectivity index (χ3n) is 1.76. The van der Waals surface area contributed by atoms with Crippen molar-refractivity contribution in [3.63, 3.8) is 0 Å². The molecule has 0 aliphatic carbocycles. The molecule has 5 nitrogen and oxygen atoms in total. The van der Waals surface area contributed by atoms with E-state index in [1.807, 2.05) is 14.1 Å². The van der Waals surface area contributed by atoms with Gasteiger partial charge in [-0.15, -0.1) is 0 Å². The minimum absolute atomic E-state index is 0.148. The summed E-state index contributed by atoms with van der Waals surface area (Å²) in [5.41, 5.74) is 5.52. The fourth-order valence-corrected chi connectivity index (χ4v) is 0.993. The van der Waals surface area contributed by atoms with E-state index in [0.717, 1.165) is 13.0 Å². The Morgan fingerprint density at radius 2 is 2.21 bits per heavy atom. The average molecular weight is 203 g/mol. The predicted molar refractivity (Wildman–Crippen MR) is 56.0 cm³/mol. The molecule has 0 aromatic rings. The molecule has 1 unspecified atom stereocenters. The van der Waals surface area contributed by atoms with Crippen LogP contribution < -0.4 is 11.1 Å². The van der Waals surface area contributed by atoms with Crippen molar-refractivity contribution < 1.29 is 9.53 Å². The van der Waals surface area contributed by atoms with Crippen LogP contribution in [0.15, 0.2) is 0 Å². The lowest BCUT2D eigenvalue weighted by molar-refractivity contribution is -0.123. The van der Waals surface area contributed by atoms with E-state index in [-0.39, 0.29) is 12.5 Å². The lowest BCUT2D eigenvalue weighted by atomic mass is 10.3. The Morgan fingerprint density at radius 3 is 2.71 bits per heavy atom. The molecule has 0 aromatic carbocycles. The van der Waals surface area contributed by atoms with Crippen molar-refractivity contribution in [1.82, 2.24) is 10.2 Å². The number of nitrogens with one attached hydrogen (secondary N) is 1. The van der Waals surface area contributed by atoms with Gasteiger partial charge in [0.25, 0.3) is 0 Å². The minimum atomic E-state index is -0.556. The summed E-state index contributed by atoms with van der Waals surface area (Å²) >= 11 is 0. The molecular weight excluding hydrogens is 182 g/mol. The van der Waals surface area contributed by atoms with Crippen LogP contribution in [-0.4, -0.2) is 57.8 Å². The van der Waals surface area contributed by atoms with Crippen molar-refractivity contribution in [1.29, 1.82) is 0 Å². The topological polar surface area (TPSA) is 67.6 Å². The van der Waals surface area contributed by atoms with E-state index >= 15 is 0 Å². The van der Waals surface area contributed by atoms with Crippen LogP contribution in [-0.2, 0) is 9.53 Å². The highest BCUT2D eigenvalue weighted by Crippen LogP contribution is 1.83. The summed E-state index contributed by atoms with van der Waals surface area (Å²) in [6.07, 6.45) is 0.929. The summed E-state index contributed by atoms with van der Waals surface area (Å²) in [5.74, 6) is -0.148. The molecule has 0 heterocycles. The number of amides is 1. The Labute approximate surface area is 85.6 Å². The van der Waals surface area contributed by atoms with Crippen LogP contribution in [0, 0.1) is 0 Å². The quantitative estimate of drug-likeness (QED) is 0.522. The number of hydrogen-bond donors (Lipinski definition) is 2. The molecule has 1 amide bonds. The molecule has 0 saturated carbocycles. The van der Waals surface area contributed by atoms with Crippen molar-refractivity contribution in [2.45, 2.75) is 12.5 Å². The second-order valence-electron chi connectivity index (χ2n) is 3.51. The van der Waals surface area contributed by atoms with Crippen LogP contribution in [0.1, 0.15) is 6.42 Å². The Morgan fingerprint density at radius 1 is 1.57 bits per heavy atom. The molecule has 5 heteroatoms. The first-order valence-corrected chi connectivity index (χ1v) is 4.75. The third-order valence-corrected chi connectivity index (χ3v) is 1.76. The van der Waals surface area contributed by atoms with Crippen molar-refractivity contribution in [3.8, 4) is 0 Å². The second kappa shape index (κ2) is 7.73. The van der Waals surface area contributed by atoms with E-state index in [1.54, 1.807) is 0 Å². The van der Waals surface area contributed by atoms with Gasteiger partial charge in [0, 0.05) is 13.7 Å². The monoisotopic (exact) mass is 203 g/mol. The lowest BCUT2D eigenvalue weighted by Gasteiger charge is -2.12. The number of hydrogen-bond acceptors (Lipinski definition) is 4. The van der Waals surface area contributed by atoms with Gasteiger partial charge >= 0.3 is 0 Å². The maximum Gasteiger partial charge on any atom is 0.239 e. The molecule has 3 N–H and O–H groups in total. The van der Waals surface area contributed by atoms with Crippen LogP contribution in [0.4, 0.5) is 0 Å². The maximum absolute atomic E-state index is 11.2. The molecular formula is C9H21N3O2. The molecule has 0 radical (unpaired) electrons. The van der Waals surface area contributed by atoms with Gasteiger partial charge in [-0.1, -0.05) is 0 Å². The van der Waals surface area contributed by atoms with E-state index in [4.69, 9.17) is 10.5 Å². The van der Waals surface area contributed by atoms with Crippen molar-refractivity contribution in [3.05, 3.63) is 0 Å². The number of carbonyl (C=O) groups is 1. The Hall–Kier alpha value is -0.650. The number of carbonyl (C=O) groups excluding carboxylic acids is 1. The zero-order valence-corrected chi connectivity index (χ0v) is 9.25. The fourth-order valence-electron chi connectivity index (χ4n) is 0.993. The van der Waals surface area contributed by atoms with Gasteiger partial charge in [0.2, 0.25) is 5.91 Å². The summed E-state index contributed by atoms with van der Waals surface area (Å²) in [5, 5.41) is 2.75. The molecule has 0 aliphatic heterocycles. The summed E-state index contributed by atoms with van der Waals surface area (Å²) in [4.78, 5) is 13.3. The highest BCUT2D eigenvalue weighted by Gasteiger charge is 2.11. The van der Waals surface area contributed by atoms with Gasteiger partial charge in [-0.3, -0.25) is 4.79 Å². The predicted octanol–water partition coefficient (Wildman–Crippen LogP) is -0.972. The van der Waals surface area contributed by atoms with E-state index in [2.05, 4.69) is 10.2 Å². The molecule has 0 aromatic heterocycles. The van der Waals surface area contributed by atoms with Crippen molar-refractivity contribution in [2.75, 3.05) is 40.9 Å². The highest BCUT2D eigenvalue weighted by molar-refractivity contribution is 5.81. The van der Waals surface area contributed by atoms with Crippen molar-refractivity contribution in [2.24, 2.45) is 5.73 Å². The van der Waals surface area contributed by atoms with Gasteiger partial charge in [0.05, 0.1) is 6.61 Å². The fraction of sp³-hybridized carbons (Fsp3) is 0.889. The van der Waals surface area contributed by atoms with E-state index in [0.29, 0.717) is 6.54 Å². The summed E-state index contributed by atoms with van der Waals surface area (Å²) in [6.45, 7) is 1.88. The molecule has 0 fully saturated rings. The number of nitrogens with zero attached hydrogens (tertiary/aromatic N) is 1. The third kappa shape index (κ3) is 6.82. The molecule has 14 heavy (non-hydrogen) atoms. The molecule has 0 rings (SSSR count). The Kier molecular flexibility index (Phi) is 7.37. The smallest absolute Gasteiger partial charge is 0.239 e. The maximum atomic E-state index is 11.2. The number of methoxy groups -OCH3 is 1. The van der Waals surface area contributed by atoms with Gasteiger partial charge in [-0.05, 0) is 27.1 Å². The zero-order valence-electron chi connectivity index (χ0n) is 9.25. The van der Waals surface area contributed by atoms with Gasteiger partial charge in [0.1, 0.15) is 6.04 Å². The van der Waals surface area contributed by atoms with Crippen LogP contribution in [0.2, 0.25) is 0 Å². The van der Waals surface area contributed by atoms with Crippen molar-refractivity contribution >= 4 is 5.91 Å². The zero-order chi connectivity index (χ0) is 11.0. The normalized spacial score (nSPS) is 12.9. The summed E-state index contributed by atoms with van der Waals surface area (Å²) in [6, 6.07) is -0.556. The standard InChI is InChI=1S/C9H21N3O2/c1-12(2)6-4-5-11-9(13)8(10)7-14-3/h8H,4-7,10H2,1-3H3,(H,11,13). The van der Waals surface area contributed by atoms with Crippen LogP contribution in [0.3, 0.4) is 0 Å². The first-order chi connectivity index (χ1) is 6.57. The molecule has 84 valence electrons. The van der Waals surface area contributed by atoms with Gasteiger partial charge < -0.3 is 20.7 Å². The summed E-state index contributed by atoms with van der Waals surface area (Å²) in [7, 11) is 5.52. The molecule has 0 bridgehead atoms. The van der Waals surface area contributed by atoms with E-state index < -0.39 is 6.04 Å². The van der Waals surface area contributed by atoms with Gasteiger partial charge in [-0.25, -0.2) is 0 Å². The van der Waals surface area contributed by atoms with Crippen LogP contribution in [0.25, 0.3) is 0 Å². The van der Waals surface area contributed by atoms with E-state index in [1.165, 1.54) is 7.11 Å². The van der Waals surface area contributed by atoms with Gasteiger partial charge in [0.15, 0.2) is 0 Å². The molecule has 0 saturated heterocycles. The average Bonchev–Trinajstić information content (AvgIpc) is 2.12. The van der Waals surface area contributed by atoms with Gasteiger partial charge in [-0.2, -0.15) is 0 Å². The van der Waals surface area contributed by atoms with Crippen LogP contribution >= 0.6 is 0 Å². The Balaban J connectivity index is 3.44. The van der Waals surface area contributed by atoms with Crippen LogP contribution in [0.5, 0.6) is 0 Å². The molecule has 0 spiro atoms. The largest absolute Gasteiger partial charge is 0.383 e. The second-order valence-corrected chi connectivity index (χ2v) is 3.51. The molecule has 1 atom stereocenters. The lowest BCUT2D eigenvalue weighted by Crippen LogP contribution is -2.44. The SMILES string of the molecule is COCC(N)C(=O)NCCCN(C)C. The number of ether oxygens (including phenoxy) is 1. The minimum Gasteiger partial charge on any atom is -0.383 e. The molecule has 0 aliphatic rings.